The summed E-state index contributed by atoms with van der Waals surface area (Å²) >= 11 is 0. The number of carbonyl (C=O) groups excluding carboxylic acids is 2. The Morgan fingerprint density at radius 1 is 1.09 bits per heavy atom. The molecule has 0 fully saturated rings. The van der Waals surface area contributed by atoms with E-state index in [4.69, 9.17) is 14.8 Å². The van der Waals surface area contributed by atoms with Gasteiger partial charge in [-0.25, -0.2) is 14.5 Å². The number of aromatic nitrogens is 4. The van der Waals surface area contributed by atoms with Crippen LogP contribution in [0.2, 0.25) is 0 Å². The summed E-state index contributed by atoms with van der Waals surface area (Å²) < 4.78 is 8.87. The number of aryl methyl sites for hydroxylation is 3. The van der Waals surface area contributed by atoms with E-state index in [1.165, 1.54) is 0 Å². The maximum atomic E-state index is 12.5. The molecule has 0 aliphatic rings. The minimum absolute atomic E-state index is 0.126. The van der Waals surface area contributed by atoms with Gasteiger partial charge in [0, 0.05) is 36.7 Å². The standard InChI is InChI=1S/C25H27N5O3/c1-4-33-25(32)19-9-7-10-20(16-19)27-21(31)11-8-14-30-23-22(17(2)15-18(3)26-23)24(28-30)29-12-5-6-13-29/h5-7,9-10,12-13,15-16H,4,8,11,14H2,1-3H3,(H,27,31). The minimum Gasteiger partial charge on any atom is -0.462 e. The lowest BCUT2D eigenvalue weighted by Gasteiger charge is -2.08. The number of pyridine rings is 1. The van der Waals surface area contributed by atoms with Gasteiger partial charge in [0.25, 0.3) is 0 Å². The summed E-state index contributed by atoms with van der Waals surface area (Å²) in [5, 5.41) is 8.66. The van der Waals surface area contributed by atoms with Gasteiger partial charge in [-0.1, -0.05) is 6.07 Å². The van der Waals surface area contributed by atoms with Crippen molar-refractivity contribution in [2.24, 2.45) is 0 Å². The molecule has 0 atom stereocenters. The van der Waals surface area contributed by atoms with E-state index in [0.29, 0.717) is 37.2 Å². The van der Waals surface area contributed by atoms with Crippen LogP contribution in [-0.2, 0) is 16.1 Å². The van der Waals surface area contributed by atoms with Crippen LogP contribution in [0.5, 0.6) is 0 Å². The van der Waals surface area contributed by atoms with E-state index in [0.717, 1.165) is 28.1 Å². The van der Waals surface area contributed by atoms with Crippen molar-refractivity contribution in [2.75, 3.05) is 11.9 Å². The molecule has 4 rings (SSSR count). The van der Waals surface area contributed by atoms with E-state index in [-0.39, 0.29) is 5.91 Å². The number of amides is 1. The van der Waals surface area contributed by atoms with Crippen molar-refractivity contribution >= 4 is 28.6 Å². The summed E-state index contributed by atoms with van der Waals surface area (Å²) in [6.07, 6.45) is 4.83. The summed E-state index contributed by atoms with van der Waals surface area (Å²) in [5.41, 5.74) is 3.84. The molecule has 33 heavy (non-hydrogen) atoms. The zero-order valence-electron chi connectivity index (χ0n) is 19.0. The second-order valence-electron chi connectivity index (χ2n) is 7.87. The maximum Gasteiger partial charge on any atom is 0.338 e. The fraction of sp³-hybridized carbons (Fsp3) is 0.280. The van der Waals surface area contributed by atoms with Gasteiger partial charge in [0.1, 0.15) is 0 Å². The third kappa shape index (κ3) is 4.95. The van der Waals surface area contributed by atoms with E-state index >= 15 is 0 Å². The van der Waals surface area contributed by atoms with Crippen LogP contribution in [0.25, 0.3) is 16.9 Å². The van der Waals surface area contributed by atoms with Crippen LogP contribution in [-0.4, -0.2) is 37.8 Å². The van der Waals surface area contributed by atoms with Crippen molar-refractivity contribution in [2.45, 2.75) is 40.2 Å². The lowest BCUT2D eigenvalue weighted by atomic mass is 10.1. The molecular formula is C25H27N5O3. The van der Waals surface area contributed by atoms with Gasteiger partial charge in [-0.05, 0) is 69.2 Å². The quantitative estimate of drug-likeness (QED) is 0.405. The first-order chi connectivity index (χ1) is 16.0. The number of hydrogen-bond donors (Lipinski definition) is 1. The van der Waals surface area contributed by atoms with Crippen LogP contribution in [0, 0.1) is 13.8 Å². The molecule has 3 heterocycles. The normalized spacial score (nSPS) is 11.0. The van der Waals surface area contributed by atoms with Crippen LogP contribution in [0.3, 0.4) is 0 Å². The van der Waals surface area contributed by atoms with Gasteiger partial charge in [-0.2, -0.15) is 5.10 Å². The second kappa shape index (κ2) is 9.68. The Kier molecular flexibility index (Phi) is 6.53. The highest BCUT2D eigenvalue weighted by Gasteiger charge is 2.16. The van der Waals surface area contributed by atoms with Gasteiger partial charge in [-0.3, -0.25) is 4.79 Å². The highest BCUT2D eigenvalue weighted by molar-refractivity contribution is 5.94. The largest absolute Gasteiger partial charge is 0.462 e. The molecule has 0 radical (unpaired) electrons. The first-order valence-electron chi connectivity index (χ1n) is 11.0. The Balaban J connectivity index is 1.45. The van der Waals surface area contributed by atoms with Gasteiger partial charge in [0.05, 0.1) is 17.6 Å². The molecule has 0 saturated heterocycles. The molecule has 0 spiro atoms. The zero-order valence-corrected chi connectivity index (χ0v) is 19.0. The third-order valence-corrected chi connectivity index (χ3v) is 5.29. The summed E-state index contributed by atoms with van der Waals surface area (Å²) in [4.78, 5) is 29.1. The number of fused-ring (bicyclic) bond motifs is 1. The van der Waals surface area contributed by atoms with Gasteiger partial charge in [0.15, 0.2) is 11.5 Å². The number of benzene rings is 1. The van der Waals surface area contributed by atoms with E-state index in [2.05, 4.69) is 18.3 Å². The van der Waals surface area contributed by atoms with Crippen molar-refractivity contribution in [3.8, 4) is 5.82 Å². The summed E-state index contributed by atoms with van der Waals surface area (Å²) in [7, 11) is 0. The molecule has 1 N–H and O–H groups in total. The second-order valence-corrected chi connectivity index (χ2v) is 7.87. The fourth-order valence-corrected chi connectivity index (χ4v) is 3.86. The van der Waals surface area contributed by atoms with E-state index in [1.54, 1.807) is 31.2 Å². The number of hydrogen-bond acceptors (Lipinski definition) is 5. The number of ether oxygens (including phenoxy) is 1. The first kappa shape index (κ1) is 22.3. The van der Waals surface area contributed by atoms with E-state index in [9.17, 15) is 9.59 Å². The summed E-state index contributed by atoms with van der Waals surface area (Å²) in [6.45, 7) is 6.65. The van der Waals surface area contributed by atoms with Crippen molar-refractivity contribution in [1.82, 2.24) is 19.3 Å². The number of anilines is 1. The number of nitrogens with one attached hydrogen (secondary N) is 1. The van der Waals surface area contributed by atoms with E-state index in [1.807, 2.05) is 40.7 Å². The fourth-order valence-electron chi connectivity index (χ4n) is 3.86. The number of carbonyl (C=O) groups is 2. The Labute approximate surface area is 192 Å². The molecule has 0 aliphatic heterocycles. The molecule has 0 aliphatic carbocycles. The average Bonchev–Trinajstić information content (AvgIpc) is 3.42. The van der Waals surface area contributed by atoms with Crippen molar-refractivity contribution in [3.63, 3.8) is 0 Å². The predicted molar refractivity (Wildman–Crippen MR) is 127 cm³/mol. The molecule has 8 heteroatoms. The molecule has 170 valence electrons. The Morgan fingerprint density at radius 2 is 1.88 bits per heavy atom. The SMILES string of the molecule is CCOC(=O)c1cccc(NC(=O)CCCn2nc(-n3cccc3)c3c(C)cc(C)nc32)c1. The molecule has 8 nitrogen and oxygen atoms in total. The lowest BCUT2D eigenvalue weighted by molar-refractivity contribution is -0.116. The van der Waals surface area contributed by atoms with Crippen molar-refractivity contribution < 1.29 is 14.3 Å². The van der Waals surface area contributed by atoms with Crippen molar-refractivity contribution in [3.05, 3.63) is 71.7 Å². The number of nitrogens with zero attached hydrogens (tertiary/aromatic N) is 4. The molecule has 0 bridgehead atoms. The zero-order chi connectivity index (χ0) is 23.4. The molecule has 0 unspecified atom stereocenters. The molecule has 1 amide bonds. The maximum absolute atomic E-state index is 12.5. The molecule has 4 aromatic rings. The lowest BCUT2D eigenvalue weighted by Crippen LogP contribution is -2.14. The van der Waals surface area contributed by atoms with Crippen LogP contribution in [0.1, 0.15) is 41.4 Å². The average molecular weight is 446 g/mol. The van der Waals surface area contributed by atoms with Crippen LogP contribution >= 0.6 is 0 Å². The smallest absolute Gasteiger partial charge is 0.338 e. The summed E-state index contributed by atoms with van der Waals surface area (Å²) in [5.74, 6) is 0.300. The molecule has 1 aromatic carbocycles. The van der Waals surface area contributed by atoms with Gasteiger partial charge in [-0.15, -0.1) is 0 Å². The molecule has 3 aromatic heterocycles. The molecule has 0 saturated carbocycles. The Bertz CT molecular complexity index is 1290. The first-order valence-corrected chi connectivity index (χ1v) is 11.0. The van der Waals surface area contributed by atoms with E-state index < -0.39 is 5.97 Å². The molecular weight excluding hydrogens is 418 g/mol. The predicted octanol–water partition coefficient (Wildman–Crippen LogP) is 4.43. The number of rotatable bonds is 8. The van der Waals surface area contributed by atoms with Crippen LogP contribution in [0.15, 0.2) is 54.9 Å². The summed E-state index contributed by atoms with van der Waals surface area (Å²) in [6, 6.07) is 12.7. The number of esters is 1. The topological polar surface area (TPSA) is 91.0 Å². The highest BCUT2D eigenvalue weighted by atomic mass is 16.5. The monoisotopic (exact) mass is 445 g/mol. The minimum atomic E-state index is -0.407. The van der Waals surface area contributed by atoms with Crippen LogP contribution < -0.4 is 5.32 Å². The Hall–Kier alpha value is -3.94. The van der Waals surface area contributed by atoms with Gasteiger partial charge in [0.2, 0.25) is 5.91 Å². The van der Waals surface area contributed by atoms with Gasteiger partial charge < -0.3 is 14.6 Å². The van der Waals surface area contributed by atoms with Crippen molar-refractivity contribution in [1.29, 1.82) is 0 Å². The third-order valence-electron chi connectivity index (χ3n) is 5.29. The highest BCUT2D eigenvalue weighted by Crippen LogP contribution is 2.25. The Morgan fingerprint density at radius 3 is 2.64 bits per heavy atom. The van der Waals surface area contributed by atoms with Gasteiger partial charge >= 0.3 is 5.97 Å². The van der Waals surface area contributed by atoms with Crippen LogP contribution in [0.4, 0.5) is 5.69 Å².